The molecule has 0 aliphatic rings. The fourth-order valence-corrected chi connectivity index (χ4v) is 1.74. The number of rotatable bonds is 6. The summed E-state index contributed by atoms with van der Waals surface area (Å²) in [5, 5.41) is 11.4. The molecule has 0 aliphatic carbocycles. The number of amides is 1. The van der Waals surface area contributed by atoms with Crippen LogP contribution in [0.15, 0.2) is 18.2 Å². The molecule has 0 fully saturated rings. The van der Waals surface area contributed by atoms with Gasteiger partial charge in [0, 0.05) is 0 Å². The fourth-order valence-electron chi connectivity index (χ4n) is 1.74. The molecule has 0 aromatic heterocycles. The summed E-state index contributed by atoms with van der Waals surface area (Å²) in [7, 11) is 0. The number of aliphatic carboxylic acids is 1. The second kappa shape index (κ2) is 6.98. The third-order valence-corrected chi connectivity index (χ3v) is 3.14. The minimum absolute atomic E-state index is 0.197. The summed E-state index contributed by atoms with van der Waals surface area (Å²) in [5.41, 5.74) is 0.287. The van der Waals surface area contributed by atoms with Crippen LogP contribution in [-0.2, 0) is 16.0 Å². The predicted octanol–water partition coefficient (Wildman–Crippen LogP) is 2.12. The summed E-state index contributed by atoms with van der Waals surface area (Å²) in [6.45, 7) is 3.54. The molecule has 6 heteroatoms. The quantitative estimate of drug-likeness (QED) is 0.841. The molecule has 2 N–H and O–H groups in total. The Hall–Kier alpha value is -1.98. The standard InChI is InChI=1S/C14H17F2NO3/c1-3-8(2)13(14(19)20)17-12(18)7-9-4-5-10(15)11(16)6-9/h4-6,8,13H,3,7H2,1-2H3,(H,17,18)(H,19,20)/t8-,13+/m1/s1. The van der Waals surface area contributed by atoms with Crippen LogP contribution in [0.2, 0.25) is 0 Å². The number of benzene rings is 1. The highest BCUT2D eigenvalue weighted by Gasteiger charge is 2.25. The van der Waals surface area contributed by atoms with Gasteiger partial charge in [0.2, 0.25) is 5.91 Å². The number of carboxylic acids is 1. The molecule has 0 spiro atoms. The molecule has 20 heavy (non-hydrogen) atoms. The lowest BCUT2D eigenvalue weighted by Gasteiger charge is -2.20. The van der Waals surface area contributed by atoms with Crippen LogP contribution in [0, 0.1) is 17.6 Å². The van der Waals surface area contributed by atoms with Crippen molar-refractivity contribution in [2.24, 2.45) is 5.92 Å². The van der Waals surface area contributed by atoms with Crippen molar-refractivity contribution in [3.05, 3.63) is 35.4 Å². The Morgan fingerprint density at radius 1 is 1.30 bits per heavy atom. The second-order valence-corrected chi connectivity index (χ2v) is 4.69. The predicted molar refractivity (Wildman–Crippen MR) is 69.1 cm³/mol. The highest BCUT2D eigenvalue weighted by atomic mass is 19.2. The zero-order valence-corrected chi connectivity index (χ0v) is 11.3. The maximum absolute atomic E-state index is 13.0. The second-order valence-electron chi connectivity index (χ2n) is 4.69. The van der Waals surface area contributed by atoms with Crippen molar-refractivity contribution in [1.29, 1.82) is 0 Å². The summed E-state index contributed by atoms with van der Waals surface area (Å²) in [6.07, 6.45) is 0.403. The lowest BCUT2D eigenvalue weighted by atomic mass is 9.99. The van der Waals surface area contributed by atoms with E-state index in [-0.39, 0.29) is 17.9 Å². The van der Waals surface area contributed by atoms with Crippen LogP contribution in [0.25, 0.3) is 0 Å². The van der Waals surface area contributed by atoms with E-state index in [1.165, 1.54) is 6.07 Å². The van der Waals surface area contributed by atoms with Crippen molar-refractivity contribution >= 4 is 11.9 Å². The molecule has 2 atom stereocenters. The lowest BCUT2D eigenvalue weighted by molar-refractivity contribution is -0.143. The smallest absolute Gasteiger partial charge is 0.326 e. The zero-order valence-electron chi connectivity index (χ0n) is 11.3. The third-order valence-electron chi connectivity index (χ3n) is 3.14. The SMILES string of the molecule is CC[C@@H](C)[C@H](NC(=O)Cc1ccc(F)c(F)c1)C(=O)O. The Balaban J connectivity index is 2.70. The number of hydrogen-bond donors (Lipinski definition) is 2. The van der Waals surface area contributed by atoms with Gasteiger partial charge in [-0.15, -0.1) is 0 Å². The van der Waals surface area contributed by atoms with Crippen molar-refractivity contribution in [3.8, 4) is 0 Å². The van der Waals surface area contributed by atoms with Gasteiger partial charge in [-0.25, -0.2) is 13.6 Å². The van der Waals surface area contributed by atoms with Crippen molar-refractivity contribution < 1.29 is 23.5 Å². The average molecular weight is 285 g/mol. The molecule has 0 aliphatic heterocycles. The van der Waals surface area contributed by atoms with Gasteiger partial charge in [0.25, 0.3) is 0 Å². The summed E-state index contributed by atoms with van der Waals surface area (Å²) in [6, 6.07) is 2.16. The van der Waals surface area contributed by atoms with Crippen LogP contribution in [0.5, 0.6) is 0 Å². The molecule has 0 unspecified atom stereocenters. The zero-order chi connectivity index (χ0) is 15.3. The van der Waals surface area contributed by atoms with E-state index in [1.54, 1.807) is 6.92 Å². The molecule has 0 saturated carbocycles. The van der Waals surface area contributed by atoms with Gasteiger partial charge in [-0.05, 0) is 23.6 Å². The molecule has 0 bridgehead atoms. The Morgan fingerprint density at radius 2 is 1.95 bits per heavy atom. The number of carbonyl (C=O) groups is 2. The van der Waals surface area contributed by atoms with Crippen LogP contribution in [-0.4, -0.2) is 23.0 Å². The van der Waals surface area contributed by atoms with Crippen LogP contribution >= 0.6 is 0 Å². The van der Waals surface area contributed by atoms with Gasteiger partial charge >= 0.3 is 5.97 Å². The highest BCUT2D eigenvalue weighted by Crippen LogP contribution is 2.11. The topological polar surface area (TPSA) is 66.4 Å². The molecule has 0 heterocycles. The number of carboxylic acid groups (broad SMARTS) is 1. The fraction of sp³-hybridized carbons (Fsp3) is 0.429. The first-order valence-electron chi connectivity index (χ1n) is 6.31. The van der Waals surface area contributed by atoms with Crippen molar-refractivity contribution in [3.63, 3.8) is 0 Å². The first-order valence-corrected chi connectivity index (χ1v) is 6.31. The van der Waals surface area contributed by atoms with Crippen LogP contribution in [0.4, 0.5) is 8.78 Å². The van der Waals surface area contributed by atoms with E-state index in [4.69, 9.17) is 5.11 Å². The Morgan fingerprint density at radius 3 is 2.45 bits per heavy atom. The molecule has 0 saturated heterocycles. The molecule has 0 radical (unpaired) electrons. The Labute approximate surface area is 115 Å². The van der Waals surface area contributed by atoms with Gasteiger partial charge in [-0.1, -0.05) is 26.3 Å². The number of carbonyl (C=O) groups excluding carboxylic acids is 1. The summed E-state index contributed by atoms with van der Waals surface area (Å²) >= 11 is 0. The van der Waals surface area contributed by atoms with E-state index >= 15 is 0 Å². The van der Waals surface area contributed by atoms with E-state index < -0.39 is 29.6 Å². The van der Waals surface area contributed by atoms with Crippen LogP contribution in [0.3, 0.4) is 0 Å². The third kappa shape index (κ3) is 4.29. The molecular weight excluding hydrogens is 268 g/mol. The minimum Gasteiger partial charge on any atom is -0.480 e. The molecule has 110 valence electrons. The molecule has 1 aromatic carbocycles. The highest BCUT2D eigenvalue weighted by molar-refractivity contribution is 5.85. The first-order chi connectivity index (χ1) is 9.35. The average Bonchev–Trinajstić information content (AvgIpc) is 2.39. The summed E-state index contributed by atoms with van der Waals surface area (Å²) < 4.78 is 25.8. The lowest BCUT2D eigenvalue weighted by Crippen LogP contribution is -2.45. The van der Waals surface area contributed by atoms with Crippen LogP contribution < -0.4 is 5.32 Å². The first kappa shape index (κ1) is 16.1. The minimum atomic E-state index is -1.11. The van der Waals surface area contributed by atoms with E-state index in [2.05, 4.69) is 5.32 Å². The van der Waals surface area contributed by atoms with Gasteiger partial charge in [0.15, 0.2) is 11.6 Å². The van der Waals surface area contributed by atoms with Gasteiger partial charge in [0.05, 0.1) is 6.42 Å². The molecule has 4 nitrogen and oxygen atoms in total. The summed E-state index contributed by atoms with van der Waals surface area (Å²) in [5.74, 6) is -3.90. The molecule has 1 rings (SSSR count). The van der Waals surface area contributed by atoms with Gasteiger partial charge in [0.1, 0.15) is 6.04 Å². The van der Waals surface area contributed by atoms with Gasteiger partial charge < -0.3 is 10.4 Å². The van der Waals surface area contributed by atoms with E-state index in [1.807, 2.05) is 6.92 Å². The van der Waals surface area contributed by atoms with E-state index in [9.17, 15) is 18.4 Å². The normalized spacial score (nSPS) is 13.6. The van der Waals surface area contributed by atoms with E-state index in [0.717, 1.165) is 12.1 Å². The molecule has 1 amide bonds. The van der Waals surface area contributed by atoms with Crippen molar-refractivity contribution in [1.82, 2.24) is 5.32 Å². The largest absolute Gasteiger partial charge is 0.480 e. The number of hydrogen-bond acceptors (Lipinski definition) is 2. The Kier molecular flexibility index (Phi) is 5.61. The van der Waals surface area contributed by atoms with Gasteiger partial charge in [-0.2, -0.15) is 0 Å². The van der Waals surface area contributed by atoms with Gasteiger partial charge in [-0.3, -0.25) is 4.79 Å². The van der Waals surface area contributed by atoms with Crippen LogP contribution in [0.1, 0.15) is 25.8 Å². The number of halogens is 2. The van der Waals surface area contributed by atoms with Crippen molar-refractivity contribution in [2.75, 3.05) is 0 Å². The molecular formula is C14H17F2NO3. The van der Waals surface area contributed by atoms with E-state index in [0.29, 0.717) is 6.42 Å². The maximum atomic E-state index is 13.0. The Bertz CT molecular complexity index is 505. The maximum Gasteiger partial charge on any atom is 0.326 e. The monoisotopic (exact) mass is 285 g/mol. The number of nitrogens with one attached hydrogen (secondary N) is 1. The molecule has 1 aromatic rings. The summed E-state index contributed by atoms with van der Waals surface area (Å²) in [4.78, 5) is 22.8. The van der Waals surface area contributed by atoms with Crippen molar-refractivity contribution in [2.45, 2.75) is 32.7 Å².